The Kier molecular flexibility index (Phi) is 6.02. The first kappa shape index (κ1) is 22.4. The number of benzene rings is 2. The van der Waals surface area contributed by atoms with Gasteiger partial charge in [-0.2, -0.15) is 0 Å². The molecule has 0 bridgehead atoms. The molecule has 0 aromatic heterocycles. The minimum atomic E-state index is -0.843. The highest BCUT2D eigenvalue weighted by atomic mass is 16.5. The van der Waals surface area contributed by atoms with E-state index in [1.54, 1.807) is 4.90 Å². The molecule has 1 heterocycles. The highest BCUT2D eigenvalue weighted by Crippen LogP contribution is 2.44. The van der Waals surface area contributed by atoms with Gasteiger partial charge in [0.15, 0.2) is 0 Å². The first-order valence-electron chi connectivity index (χ1n) is 12.1. The minimum Gasteiger partial charge on any atom is -0.481 e. The normalized spacial score (nSPS) is 25.6. The van der Waals surface area contributed by atoms with Gasteiger partial charge in [0, 0.05) is 31.0 Å². The average Bonchev–Trinajstić information content (AvgIpc) is 3.53. The van der Waals surface area contributed by atoms with Gasteiger partial charge in [0.1, 0.15) is 6.61 Å². The lowest BCUT2D eigenvalue weighted by molar-refractivity contribution is -0.142. The van der Waals surface area contributed by atoms with Gasteiger partial charge in [-0.05, 0) is 47.4 Å². The Bertz CT molecular complexity index is 1070. The Morgan fingerprint density at radius 3 is 2.26 bits per heavy atom. The number of alkyl carbamates (subject to hydrolysis) is 1. The van der Waals surface area contributed by atoms with Crippen molar-refractivity contribution in [1.29, 1.82) is 0 Å². The molecule has 1 saturated heterocycles. The van der Waals surface area contributed by atoms with E-state index < -0.39 is 18.0 Å². The van der Waals surface area contributed by atoms with Gasteiger partial charge in [-0.15, -0.1) is 0 Å². The minimum absolute atomic E-state index is 0.00689. The Labute approximate surface area is 199 Å². The van der Waals surface area contributed by atoms with Crippen LogP contribution in [0, 0.1) is 17.8 Å². The zero-order valence-corrected chi connectivity index (χ0v) is 19.3. The van der Waals surface area contributed by atoms with E-state index in [2.05, 4.69) is 29.6 Å². The summed E-state index contributed by atoms with van der Waals surface area (Å²) in [6.45, 7) is 2.90. The molecule has 1 saturated carbocycles. The molecule has 34 heavy (non-hydrogen) atoms. The number of carboxylic acids is 1. The van der Waals surface area contributed by atoms with Crippen LogP contribution in [0.15, 0.2) is 48.5 Å². The molecule has 178 valence electrons. The predicted molar refractivity (Wildman–Crippen MR) is 126 cm³/mol. The molecule has 0 spiro atoms. The molecule has 2 N–H and O–H groups in total. The third kappa shape index (κ3) is 4.15. The molecule has 7 nitrogen and oxygen atoms in total. The fraction of sp³-hybridized carbons (Fsp3) is 0.444. The molecule has 2 aromatic rings. The van der Waals surface area contributed by atoms with E-state index in [9.17, 15) is 19.5 Å². The van der Waals surface area contributed by atoms with Crippen LogP contribution in [-0.4, -0.2) is 53.7 Å². The summed E-state index contributed by atoms with van der Waals surface area (Å²) in [6.07, 6.45) is 1.51. The maximum Gasteiger partial charge on any atom is 0.407 e. The number of amides is 2. The zero-order valence-electron chi connectivity index (χ0n) is 19.3. The first-order chi connectivity index (χ1) is 16.4. The summed E-state index contributed by atoms with van der Waals surface area (Å²) in [5.41, 5.74) is 4.71. The van der Waals surface area contributed by atoms with Crippen LogP contribution < -0.4 is 5.32 Å². The molecule has 1 aliphatic heterocycles. The van der Waals surface area contributed by atoms with Crippen molar-refractivity contribution < 1.29 is 24.2 Å². The van der Waals surface area contributed by atoms with E-state index in [0.29, 0.717) is 25.8 Å². The first-order valence-corrected chi connectivity index (χ1v) is 12.1. The number of hydrogen-bond acceptors (Lipinski definition) is 4. The van der Waals surface area contributed by atoms with Crippen molar-refractivity contribution in [2.24, 2.45) is 17.8 Å². The fourth-order valence-electron chi connectivity index (χ4n) is 5.87. The van der Waals surface area contributed by atoms with Crippen LogP contribution >= 0.6 is 0 Å². The van der Waals surface area contributed by atoms with Crippen molar-refractivity contribution in [3.8, 4) is 11.1 Å². The van der Waals surface area contributed by atoms with Crippen LogP contribution in [0.5, 0.6) is 0 Å². The molecule has 5 rings (SSSR count). The third-order valence-corrected chi connectivity index (χ3v) is 7.69. The largest absolute Gasteiger partial charge is 0.481 e. The van der Waals surface area contributed by atoms with Crippen molar-refractivity contribution in [1.82, 2.24) is 10.2 Å². The molecule has 2 unspecified atom stereocenters. The summed E-state index contributed by atoms with van der Waals surface area (Å²) in [5.74, 6) is -1.55. The molecule has 2 amide bonds. The highest BCUT2D eigenvalue weighted by Gasteiger charge is 2.41. The molecule has 2 fully saturated rings. The number of rotatable bonds is 5. The van der Waals surface area contributed by atoms with Crippen molar-refractivity contribution in [3.63, 3.8) is 0 Å². The Balaban J connectivity index is 1.14. The smallest absolute Gasteiger partial charge is 0.407 e. The number of carbonyl (C=O) groups excluding carboxylic acids is 2. The average molecular weight is 463 g/mol. The summed E-state index contributed by atoms with van der Waals surface area (Å²) in [5, 5.41) is 12.3. The van der Waals surface area contributed by atoms with Crippen molar-refractivity contribution in [2.45, 2.75) is 38.1 Å². The Morgan fingerprint density at radius 2 is 1.65 bits per heavy atom. The number of hydrogen-bond donors (Lipinski definition) is 2. The summed E-state index contributed by atoms with van der Waals surface area (Å²) in [7, 11) is 0. The highest BCUT2D eigenvalue weighted by molar-refractivity contribution is 5.82. The van der Waals surface area contributed by atoms with Crippen LogP contribution in [0.2, 0.25) is 0 Å². The van der Waals surface area contributed by atoms with Crippen molar-refractivity contribution >= 4 is 18.0 Å². The quantitative estimate of drug-likeness (QED) is 0.703. The number of ether oxygens (including phenoxy) is 1. The molecule has 2 aliphatic carbocycles. The number of fused-ring (bicyclic) bond motifs is 3. The molecular weight excluding hydrogens is 432 g/mol. The molecule has 0 radical (unpaired) electrons. The maximum atomic E-state index is 12.9. The monoisotopic (exact) mass is 462 g/mol. The van der Waals surface area contributed by atoms with E-state index in [4.69, 9.17) is 4.74 Å². The predicted octanol–water partition coefficient (Wildman–Crippen LogP) is 3.87. The number of likely N-dealkylation sites (tertiary alicyclic amines) is 1. The van der Waals surface area contributed by atoms with Gasteiger partial charge in [-0.1, -0.05) is 55.5 Å². The van der Waals surface area contributed by atoms with Crippen LogP contribution in [0.25, 0.3) is 11.1 Å². The lowest BCUT2D eigenvalue weighted by Gasteiger charge is -2.21. The second kappa shape index (κ2) is 9.12. The van der Waals surface area contributed by atoms with Gasteiger partial charge in [-0.3, -0.25) is 9.59 Å². The molecular formula is C27H30N2O5. The Hall–Kier alpha value is -3.35. The SMILES string of the molecule is CC1CN(C(=O)[C@@H]2CC[C@H](NC(=O)OCC3c4ccccc4-c4ccccc43)C2)CC1C(=O)O. The lowest BCUT2D eigenvalue weighted by atomic mass is 9.98. The zero-order chi connectivity index (χ0) is 23.8. The standard InChI is InChI=1S/C27H30N2O5/c1-16-13-29(14-23(16)26(31)32)25(30)17-10-11-18(12-17)28-27(33)34-15-24-21-8-4-2-6-19(21)20-7-3-5-9-22(20)24/h2-9,16-18,23-24H,10-15H2,1H3,(H,28,33)(H,31,32)/t16?,17-,18+,23?/m1/s1. The Morgan fingerprint density at radius 1 is 1.00 bits per heavy atom. The molecule has 3 aliphatic rings. The van der Waals surface area contributed by atoms with E-state index in [1.807, 2.05) is 31.2 Å². The van der Waals surface area contributed by atoms with Gasteiger partial charge in [0.2, 0.25) is 5.91 Å². The van der Waals surface area contributed by atoms with Gasteiger partial charge < -0.3 is 20.1 Å². The summed E-state index contributed by atoms with van der Waals surface area (Å²) in [6, 6.07) is 16.3. The second-order valence-electron chi connectivity index (χ2n) is 9.84. The van der Waals surface area contributed by atoms with Crippen molar-refractivity contribution in [3.05, 3.63) is 59.7 Å². The van der Waals surface area contributed by atoms with Crippen LogP contribution in [-0.2, 0) is 14.3 Å². The van der Waals surface area contributed by atoms with E-state index in [-0.39, 0.29) is 42.9 Å². The van der Waals surface area contributed by atoms with Gasteiger partial charge in [0.25, 0.3) is 0 Å². The third-order valence-electron chi connectivity index (χ3n) is 7.69. The van der Waals surface area contributed by atoms with Crippen LogP contribution in [0.1, 0.15) is 43.2 Å². The number of aliphatic carboxylic acids is 1. The number of nitrogens with zero attached hydrogens (tertiary/aromatic N) is 1. The van der Waals surface area contributed by atoms with Gasteiger partial charge in [-0.25, -0.2) is 4.79 Å². The van der Waals surface area contributed by atoms with Gasteiger partial charge in [0.05, 0.1) is 5.92 Å². The van der Waals surface area contributed by atoms with E-state index in [0.717, 1.165) is 0 Å². The summed E-state index contributed by atoms with van der Waals surface area (Å²) < 4.78 is 5.64. The molecule has 7 heteroatoms. The number of carboxylic acid groups (broad SMARTS) is 1. The maximum absolute atomic E-state index is 12.9. The van der Waals surface area contributed by atoms with E-state index >= 15 is 0 Å². The number of carbonyl (C=O) groups is 3. The molecule has 2 aromatic carbocycles. The molecule has 4 atom stereocenters. The summed E-state index contributed by atoms with van der Waals surface area (Å²) >= 11 is 0. The lowest BCUT2D eigenvalue weighted by Crippen LogP contribution is -2.37. The van der Waals surface area contributed by atoms with Gasteiger partial charge >= 0.3 is 12.1 Å². The number of nitrogens with one attached hydrogen (secondary N) is 1. The topological polar surface area (TPSA) is 95.9 Å². The van der Waals surface area contributed by atoms with Crippen LogP contribution in [0.3, 0.4) is 0 Å². The van der Waals surface area contributed by atoms with E-state index in [1.165, 1.54) is 22.3 Å². The summed E-state index contributed by atoms with van der Waals surface area (Å²) in [4.78, 5) is 38.5. The van der Waals surface area contributed by atoms with Crippen molar-refractivity contribution in [2.75, 3.05) is 19.7 Å². The van der Waals surface area contributed by atoms with Crippen LogP contribution in [0.4, 0.5) is 4.79 Å². The fourth-order valence-corrected chi connectivity index (χ4v) is 5.87. The second-order valence-corrected chi connectivity index (χ2v) is 9.84.